The van der Waals surface area contributed by atoms with E-state index in [1.54, 1.807) is 0 Å². The van der Waals surface area contributed by atoms with Crippen LogP contribution >= 0.6 is 12.4 Å². The van der Waals surface area contributed by atoms with E-state index in [1.807, 2.05) is 0 Å². The highest BCUT2D eigenvalue weighted by Gasteiger charge is 2.34. The molecule has 0 bridgehead atoms. The Balaban J connectivity index is 0.00000264. The van der Waals surface area contributed by atoms with Crippen LogP contribution in [0.15, 0.2) is 17.0 Å². The van der Waals surface area contributed by atoms with Crippen LogP contribution in [0.4, 0.5) is 0 Å². The molecule has 1 fully saturated rings. The lowest BCUT2D eigenvalue weighted by molar-refractivity contribution is 0.310. The third-order valence-electron chi connectivity index (χ3n) is 3.69. The molecule has 2 N–H and O–H groups in total. The van der Waals surface area contributed by atoms with E-state index in [0.29, 0.717) is 18.8 Å². The molecule has 1 heterocycles. The summed E-state index contributed by atoms with van der Waals surface area (Å²) >= 11 is 0. The SMILES string of the molecule is COc1cc(OC)c(S(=O)(=O)N2CCC[C@@H](N)C2)c(OC)c1.Cl. The average molecular weight is 367 g/mol. The third-order valence-corrected chi connectivity index (χ3v) is 5.62. The van der Waals surface area contributed by atoms with Gasteiger partial charge in [0.1, 0.15) is 17.2 Å². The van der Waals surface area contributed by atoms with Crippen molar-refractivity contribution in [1.82, 2.24) is 4.31 Å². The summed E-state index contributed by atoms with van der Waals surface area (Å²) in [5.41, 5.74) is 5.90. The standard InChI is InChI=1S/C14H22N2O5S.ClH/c1-19-11-7-12(20-2)14(13(8-11)21-3)22(17,18)16-6-4-5-10(15)9-16;/h7-8,10H,4-6,9,15H2,1-3H3;1H/t10-;/m1./s1. The second-order valence-electron chi connectivity index (χ2n) is 5.13. The van der Waals surface area contributed by atoms with Crippen molar-refractivity contribution in [2.75, 3.05) is 34.4 Å². The van der Waals surface area contributed by atoms with E-state index < -0.39 is 10.0 Å². The van der Waals surface area contributed by atoms with Crippen LogP contribution in [0.1, 0.15) is 12.8 Å². The van der Waals surface area contributed by atoms with Crippen molar-refractivity contribution < 1.29 is 22.6 Å². The zero-order chi connectivity index (χ0) is 16.3. The summed E-state index contributed by atoms with van der Waals surface area (Å²) in [6.07, 6.45) is 1.56. The second kappa shape index (κ2) is 8.05. The van der Waals surface area contributed by atoms with Crippen molar-refractivity contribution in [3.63, 3.8) is 0 Å². The van der Waals surface area contributed by atoms with Gasteiger partial charge in [0.2, 0.25) is 0 Å². The molecule has 1 atom stereocenters. The Kier molecular flexibility index (Phi) is 6.94. The van der Waals surface area contributed by atoms with Gasteiger partial charge in [-0.15, -0.1) is 12.4 Å². The first kappa shape index (κ1) is 19.8. The number of ether oxygens (including phenoxy) is 3. The maximum Gasteiger partial charge on any atom is 0.250 e. The van der Waals surface area contributed by atoms with E-state index in [1.165, 1.54) is 37.8 Å². The number of rotatable bonds is 5. The van der Waals surface area contributed by atoms with Gasteiger partial charge in [-0.05, 0) is 12.8 Å². The number of methoxy groups -OCH3 is 3. The third kappa shape index (κ3) is 4.00. The van der Waals surface area contributed by atoms with Crippen LogP contribution in [0.3, 0.4) is 0 Å². The summed E-state index contributed by atoms with van der Waals surface area (Å²) < 4.78 is 42.9. The number of piperidine rings is 1. The summed E-state index contributed by atoms with van der Waals surface area (Å²) in [6, 6.07) is 2.90. The fourth-order valence-corrected chi connectivity index (χ4v) is 4.36. The predicted molar refractivity (Wildman–Crippen MR) is 89.3 cm³/mol. The maximum atomic E-state index is 13.0. The summed E-state index contributed by atoms with van der Waals surface area (Å²) in [5.74, 6) is 0.841. The molecule has 1 aliphatic heterocycles. The lowest BCUT2D eigenvalue weighted by Crippen LogP contribution is -2.45. The normalized spacial score (nSPS) is 18.9. The summed E-state index contributed by atoms with van der Waals surface area (Å²) in [5, 5.41) is 0. The van der Waals surface area contributed by atoms with Gasteiger partial charge in [-0.25, -0.2) is 8.42 Å². The zero-order valence-electron chi connectivity index (χ0n) is 13.4. The Bertz CT molecular complexity index is 613. The number of sulfonamides is 1. The van der Waals surface area contributed by atoms with Gasteiger partial charge in [-0.1, -0.05) is 0 Å². The van der Waals surface area contributed by atoms with Crippen LogP contribution in [0, 0.1) is 0 Å². The molecule has 0 spiro atoms. The molecule has 0 unspecified atom stereocenters. The van der Waals surface area contributed by atoms with Gasteiger partial charge in [0.25, 0.3) is 10.0 Å². The van der Waals surface area contributed by atoms with Crippen LogP contribution in [-0.2, 0) is 10.0 Å². The van der Waals surface area contributed by atoms with Crippen molar-refractivity contribution in [3.05, 3.63) is 12.1 Å². The van der Waals surface area contributed by atoms with E-state index in [2.05, 4.69) is 0 Å². The molecule has 0 aliphatic carbocycles. The van der Waals surface area contributed by atoms with E-state index in [-0.39, 0.29) is 34.8 Å². The molecule has 2 rings (SSSR count). The minimum Gasteiger partial charge on any atom is -0.496 e. The Morgan fingerprint density at radius 2 is 1.70 bits per heavy atom. The monoisotopic (exact) mass is 366 g/mol. The van der Waals surface area contributed by atoms with Gasteiger partial charge < -0.3 is 19.9 Å². The highest BCUT2D eigenvalue weighted by molar-refractivity contribution is 7.89. The van der Waals surface area contributed by atoms with Crippen molar-refractivity contribution in [2.45, 2.75) is 23.8 Å². The molecule has 23 heavy (non-hydrogen) atoms. The van der Waals surface area contributed by atoms with Crippen LogP contribution in [0.5, 0.6) is 17.2 Å². The Labute approximate surface area is 143 Å². The van der Waals surface area contributed by atoms with Gasteiger partial charge in [-0.3, -0.25) is 0 Å². The van der Waals surface area contributed by atoms with Gasteiger partial charge in [-0.2, -0.15) is 4.31 Å². The molecule has 9 heteroatoms. The Morgan fingerprint density at radius 3 is 2.13 bits per heavy atom. The van der Waals surface area contributed by atoms with E-state index >= 15 is 0 Å². The van der Waals surface area contributed by atoms with Crippen LogP contribution in [0.2, 0.25) is 0 Å². The van der Waals surface area contributed by atoms with Gasteiger partial charge >= 0.3 is 0 Å². The van der Waals surface area contributed by atoms with Crippen molar-refractivity contribution in [3.8, 4) is 17.2 Å². The molecule has 1 saturated heterocycles. The first-order valence-electron chi connectivity index (χ1n) is 6.99. The molecular formula is C14H23ClN2O5S. The fourth-order valence-electron chi connectivity index (χ4n) is 2.55. The molecule has 132 valence electrons. The van der Waals surface area contributed by atoms with Crippen LogP contribution in [-0.4, -0.2) is 53.2 Å². The number of nitrogens with two attached hydrogens (primary N) is 1. The predicted octanol–water partition coefficient (Wildman–Crippen LogP) is 1.25. The number of halogens is 1. The zero-order valence-corrected chi connectivity index (χ0v) is 15.1. The van der Waals surface area contributed by atoms with Gasteiger partial charge in [0, 0.05) is 31.3 Å². The Hall–Kier alpha value is -1.22. The second-order valence-corrected chi connectivity index (χ2v) is 7.00. The van der Waals surface area contributed by atoms with E-state index in [9.17, 15) is 8.42 Å². The maximum absolute atomic E-state index is 13.0. The largest absolute Gasteiger partial charge is 0.496 e. The minimum absolute atomic E-state index is 0. The highest BCUT2D eigenvalue weighted by atomic mass is 35.5. The quantitative estimate of drug-likeness (QED) is 0.843. The van der Waals surface area contributed by atoms with Crippen molar-refractivity contribution in [1.29, 1.82) is 0 Å². The molecule has 7 nitrogen and oxygen atoms in total. The molecule has 0 amide bonds. The molecule has 1 aromatic carbocycles. The number of benzene rings is 1. The van der Waals surface area contributed by atoms with Crippen molar-refractivity contribution in [2.24, 2.45) is 5.73 Å². The Morgan fingerprint density at radius 1 is 1.13 bits per heavy atom. The lowest BCUT2D eigenvalue weighted by Gasteiger charge is -2.30. The number of nitrogens with zero attached hydrogens (tertiary/aromatic N) is 1. The first-order chi connectivity index (χ1) is 10.4. The van der Waals surface area contributed by atoms with Gasteiger partial charge in [0.15, 0.2) is 4.90 Å². The summed E-state index contributed by atoms with van der Waals surface area (Å²) in [6.45, 7) is 0.731. The van der Waals surface area contributed by atoms with E-state index in [0.717, 1.165) is 12.8 Å². The van der Waals surface area contributed by atoms with Crippen molar-refractivity contribution >= 4 is 22.4 Å². The molecular weight excluding hydrogens is 344 g/mol. The summed E-state index contributed by atoms with van der Waals surface area (Å²) in [4.78, 5) is 0.00685. The summed E-state index contributed by atoms with van der Waals surface area (Å²) in [7, 11) is 0.558. The smallest absolute Gasteiger partial charge is 0.250 e. The highest BCUT2D eigenvalue weighted by Crippen LogP contribution is 2.39. The first-order valence-corrected chi connectivity index (χ1v) is 8.43. The number of hydrogen-bond donors (Lipinski definition) is 1. The topological polar surface area (TPSA) is 91.1 Å². The van der Waals surface area contributed by atoms with Crippen LogP contribution < -0.4 is 19.9 Å². The van der Waals surface area contributed by atoms with Gasteiger partial charge in [0.05, 0.1) is 21.3 Å². The lowest BCUT2D eigenvalue weighted by atomic mass is 10.1. The van der Waals surface area contributed by atoms with E-state index in [4.69, 9.17) is 19.9 Å². The van der Waals surface area contributed by atoms with Crippen LogP contribution in [0.25, 0.3) is 0 Å². The minimum atomic E-state index is -3.76. The average Bonchev–Trinajstić information content (AvgIpc) is 2.53. The molecule has 0 saturated carbocycles. The molecule has 1 aliphatic rings. The molecule has 0 radical (unpaired) electrons. The molecule has 1 aromatic rings. The number of hydrogen-bond acceptors (Lipinski definition) is 6. The fraction of sp³-hybridized carbons (Fsp3) is 0.571. The molecule has 0 aromatic heterocycles.